The van der Waals surface area contributed by atoms with Gasteiger partial charge >= 0.3 is 0 Å². The van der Waals surface area contributed by atoms with Crippen LogP contribution >= 0.6 is 11.6 Å². The molecule has 10 heteroatoms. The third-order valence-electron chi connectivity index (χ3n) is 4.59. The van der Waals surface area contributed by atoms with Crippen molar-refractivity contribution in [1.29, 1.82) is 5.26 Å². The third-order valence-corrected chi connectivity index (χ3v) is 6.82. The first kappa shape index (κ1) is 22.8. The van der Waals surface area contributed by atoms with Crippen LogP contribution in [0.2, 0.25) is 5.02 Å². The fourth-order valence-electron chi connectivity index (χ4n) is 2.85. The second-order valence-corrected chi connectivity index (χ2v) is 9.14. The molecule has 31 heavy (non-hydrogen) atoms. The smallest absolute Gasteiger partial charge is 0.267 e. The van der Waals surface area contributed by atoms with Crippen LogP contribution in [-0.4, -0.2) is 44.9 Å². The standard InChI is InChI=1S/C21H21ClN4O4S/c1-15-2-4-17(5-3-15)25-21(27)16(13-23)14-24-20-12-18(6-7-19(20)22)31(28,29)26-8-10-30-11-9-26/h2-7,12,14,24H,8-11H2,1H3,(H,25,27)/b16-14-. The molecule has 2 N–H and O–H groups in total. The van der Waals surface area contributed by atoms with Crippen molar-refractivity contribution in [3.63, 3.8) is 0 Å². The van der Waals surface area contributed by atoms with Gasteiger partial charge in [-0.05, 0) is 37.3 Å². The summed E-state index contributed by atoms with van der Waals surface area (Å²) in [6, 6.07) is 13.2. The van der Waals surface area contributed by atoms with Crippen LogP contribution in [-0.2, 0) is 19.6 Å². The van der Waals surface area contributed by atoms with Crippen LogP contribution in [0.5, 0.6) is 0 Å². The van der Waals surface area contributed by atoms with E-state index in [0.29, 0.717) is 18.9 Å². The van der Waals surface area contributed by atoms with Crippen LogP contribution in [0.3, 0.4) is 0 Å². The minimum atomic E-state index is -3.72. The van der Waals surface area contributed by atoms with Crippen molar-refractivity contribution in [2.45, 2.75) is 11.8 Å². The third kappa shape index (κ3) is 5.62. The van der Waals surface area contributed by atoms with Crippen molar-refractivity contribution in [1.82, 2.24) is 4.31 Å². The van der Waals surface area contributed by atoms with Crippen LogP contribution in [0, 0.1) is 18.3 Å². The molecule has 0 atom stereocenters. The number of nitrogens with one attached hydrogen (secondary N) is 2. The summed E-state index contributed by atoms with van der Waals surface area (Å²) in [4.78, 5) is 12.4. The molecule has 3 rings (SSSR count). The summed E-state index contributed by atoms with van der Waals surface area (Å²) < 4.78 is 32.2. The van der Waals surface area contributed by atoms with E-state index in [2.05, 4.69) is 10.6 Å². The second-order valence-electron chi connectivity index (χ2n) is 6.79. The van der Waals surface area contributed by atoms with E-state index in [1.807, 2.05) is 25.1 Å². The van der Waals surface area contributed by atoms with Crippen LogP contribution < -0.4 is 10.6 Å². The highest BCUT2D eigenvalue weighted by Crippen LogP contribution is 2.27. The zero-order chi connectivity index (χ0) is 22.4. The van der Waals surface area contributed by atoms with Crippen LogP contribution in [0.4, 0.5) is 11.4 Å². The number of hydrogen-bond acceptors (Lipinski definition) is 6. The number of carbonyl (C=O) groups excluding carboxylic acids is 1. The molecule has 1 fully saturated rings. The Balaban J connectivity index is 1.78. The highest BCUT2D eigenvalue weighted by molar-refractivity contribution is 7.89. The number of hydrogen-bond donors (Lipinski definition) is 2. The van der Waals surface area contributed by atoms with Crippen molar-refractivity contribution in [3.8, 4) is 6.07 Å². The lowest BCUT2D eigenvalue weighted by Crippen LogP contribution is -2.40. The molecule has 0 aromatic heterocycles. The fourth-order valence-corrected chi connectivity index (χ4v) is 4.45. The van der Waals surface area contributed by atoms with Gasteiger partial charge in [-0.3, -0.25) is 4.79 Å². The van der Waals surface area contributed by atoms with Gasteiger partial charge in [-0.15, -0.1) is 0 Å². The van der Waals surface area contributed by atoms with Crippen LogP contribution in [0.1, 0.15) is 5.56 Å². The fraction of sp³-hybridized carbons (Fsp3) is 0.238. The van der Waals surface area contributed by atoms with E-state index in [0.717, 1.165) is 5.56 Å². The summed E-state index contributed by atoms with van der Waals surface area (Å²) in [6.45, 7) is 3.13. The monoisotopic (exact) mass is 460 g/mol. The summed E-state index contributed by atoms with van der Waals surface area (Å²) in [7, 11) is -3.72. The minimum absolute atomic E-state index is 0.0531. The quantitative estimate of drug-likeness (QED) is 0.506. The van der Waals surface area contributed by atoms with Gasteiger partial charge in [-0.1, -0.05) is 29.3 Å². The molecule has 0 radical (unpaired) electrons. The highest BCUT2D eigenvalue weighted by Gasteiger charge is 2.26. The molecule has 1 aliphatic rings. The van der Waals surface area contributed by atoms with E-state index in [1.165, 1.54) is 28.7 Å². The number of morpholine rings is 1. The number of nitrogens with zero attached hydrogens (tertiary/aromatic N) is 2. The lowest BCUT2D eigenvalue weighted by molar-refractivity contribution is -0.112. The van der Waals surface area contributed by atoms with Gasteiger partial charge in [0.2, 0.25) is 10.0 Å². The number of carbonyl (C=O) groups is 1. The number of aryl methyl sites for hydroxylation is 1. The number of anilines is 2. The average Bonchev–Trinajstić information content (AvgIpc) is 2.77. The number of sulfonamides is 1. The van der Waals surface area contributed by atoms with Gasteiger partial charge in [0, 0.05) is 25.0 Å². The molecule has 0 spiro atoms. The average molecular weight is 461 g/mol. The van der Waals surface area contributed by atoms with Crippen molar-refractivity contribution in [3.05, 3.63) is 64.8 Å². The number of halogens is 1. The highest BCUT2D eigenvalue weighted by atomic mass is 35.5. The predicted octanol–water partition coefficient (Wildman–Crippen LogP) is 3.13. The van der Waals surface area contributed by atoms with Crippen molar-refractivity contribution in [2.75, 3.05) is 36.9 Å². The Morgan fingerprint density at radius 2 is 1.87 bits per heavy atom. The largest absolute Gasteiger partial charge is 0.379 e. The van der Waals surface area contributed by atoms with Crippen molar-refractivity contribution in [2.24, 2.45) is 0 Å². The summed E-state index contributed by atoms with van der Waals surface area (Å²) in [5.74, 6) is -0.605. The Labute approximate surface area is 186 Å². The predicted molar refractivity (Wildman–Crippen MR) is 118 cm³/mol. The minimum Gasteiger partial charge on any atom is -0.379 e. The first-order valence-corrected chi connectivity index (χ1v) is 11.3. The van der Waals surface area contributed by atoms with Gasteiger partial charge in [-0.25, -0.2) is 8.42 Å². The Morgan fingerprint density at radius 3 is 2.52 bits per heavy atom. The summed E-state index contributed by atoms with van der Waals surface area (Å²) in [6.07, 6.45) is 1.19. The van der Waals surface area contributed by atoms with E-state index in [4.69, 9.17) is 16.3 Å². The number of ether oxygens (including phenoxy) is 1. The summed E-state index contributed by atoms with van der Waals surface area (Å²) in [5, 5.41) is 15.0. The van der Waals surface area contributed by atoms with Crippen molar-refractivity contribution < 1.29 is 17.9 Å². The molecule has 0 aliphatic carbocycles. The SMILES string of the molecule is Cc1ccc(NC(=O)/C(C#N)=C\Nc2cc(S(=O)(=O)N3CCOCC3)ccc2Cl)cc1. The maximum Gasteiger partial charge on any atom is 0.267 e. The zero-order valence-corrected chi connectivity index (χ0v) is 18.3. The molecule has 1 heterocycles. The van der Waals surface area contributed by atoms with E-state index in [9.17, 15) is 18.5 Å². The maximum atomic E-state index is 12.8. The molecule has 1 aliphatic heterocycles. The Kier molecular flexibility index (Phi) is 7.30. The topological polar surface area (TPSA) is 112 Å². The molecular formula is C21H21ClN4O4S. The molecule has 2 aromatic carbocycles. The molecular weight excluding hydrogens is 440 g/mol. The van der Waals surface area contributed by atoms with Crippen molar-refractivity contribution >= 4 is 38.9 Å². The number of rotatable bonds is 6. The summed E-state index contributed by atoms with van der Waals surface area (Å²) >= 11 is 6.18. The van der Waals surface area contributed by atoms with E-state index in [1.54, 1.807) is 12.1 Å². The molecule has 0 unspecified atom stereocenters. The molecule has 0 saturated carbocycles. The van der Waals surface area contributed by atoms with Gasteiger partial charge in [0.1, 0.15) is 11.6 Å². The van der Waals surface area contributed by atoms with Crippen LogP contribution in [0.25, 0.3) is 0 Å². The molecule has 2 aromatic rings. The Bertz CT molecular complexity index is 1130. The lowest BCUT2D eigenvalue weighted by Gasteiger charge is -2.26. The molecule has 1 saturated heterocycles. The van der Waals surface area contributed by atoms with Gasteiger partial charge in [0.15, 0.2) is 0 Å². The number of benzene rings is 2. The Hall–Kier alpha value is -2.90. The van der Waals surface area contributed by atoms with Gasteiger partial charge in [0.25, 0.3) is 5.91 Å². The van der Waals surface area contributed by atoms with E-state index in [-0.39, 0.29) is 34.3 Å². The Morgan fingerprint density at radius 1 is 1.19 bits per heavy atom. The molecule has 8 nitrogen and oxygen atoms in total. The van der Waals surface area contributed by atoms with Gasteiger partial charge in [-0.2, -0.15) is 9.57 Å². The number of nitriles is 1. The zero-order valence-electron chi connectivity index (χ0n) is 16.8. The first-order chi connectivity index (χ1) is 14.8. The van der Waals surface area contributed by atoms with Gasteiger partial charge in [0.05, 0.1) is 28.8 Å². The normalized spacial score (nSPS) is 15.2. The molecule has 1 amide bonds. The van der Waals surface area contributed by atoms with E-state index >= 15 is 0 Å². The summed E-state index contributed by atoms with van der Waals surface area (Å²) in [5.41, 5.74) is 1.65. The lowest BCUT2D eigenvalue weighted by atomic mass is 10.2. The number of amides is 1. The molecule has 0 bridgehead atoms. The maximum absolute atomic E-state index is 12.8. The first-order valence-electron chi connectivity index (χ1n) is 9.43. The molecule has 162 valence electrons. The van der Waals surface area contributed by atoms with E-state index < -0.39 is 15.9 Å². The van der Waals surface area contributed by atoms with Gasteiger partial charge < -0.3 is 15.4 Å². The van der Waals surface area contributed by atoms with Crippen LogP contribution in [0.15, 0.2) is 59.1 Å². The second kappa shape index (κ2) is 9.94.